The summed E-state index contributed by atoms with van der Waals surface area (Å²) in [6.45, 7) is 0. The average Bonchev–Trinajstić information content (AvgIpc) is 2.38. The number of hydrogen-bond donors (Lipinski definition) is 0. The molecule has 0 saturated carbocycles. The summed E-state index contributed by atoms with van der Waals surface area (Å²) in [6.07, 6.45) is 0. The third-order valence-corrected chi connectivity index (χ3v) is 4.39. The summed E-state index contributed by atoms with van der Waals surface area (Å²) >= 11 is 3.23. The largest absolute Gasteiger partial charge is 0.293 e. The fourth-order valence-electron chi connectivity index (χ4n) is 1.60. The van der Waals surface area contributed by atoms with E-state index < -0.39 is 22.4 Å². The Morgan fingerprint density at radius 3 is 2.55 bits per heavy atom. The van der Waals surface area contributed by atoms with Crippen LogP contribution in [0.1, 0.15) is 10.4 Å². The van der Waals surface area contributed by atoms with Gasteiger partial charge in [-0.2, -0.15) is 0 Å². The van der Waals surface area contributed by atoms with E-state index in [1.165, 1.54) is 0 Å². The van der Waals surface area contributed by atoms with Crippen LogP contribution in [0, 0.1) is 11.6 Å². The van der Waals surface area contributed by atoms with E-state index in [1.807, 2.05) is 0 Å². The minimum atomic E-state index is -1.85. The van der Waals surface area contributed by atoms with Gasteiger partial charge in [0, 0.05) is 16.1 Å². The maximum atomic E-state index is 13.5. The predicted molar refractivity (Wildman–Crippen MR) is 76.1 cm³/mol. The molecule has 0 bridgehead atoms. The van der Waals surface area contributed by atoms with Gasteiger partial charge < -0.3 is 0 Å². The van der Waals surface area contributed by atoms with Crippen molar-refractivity contribution in [1.82, 2.24) is 0 Å². The highest BCUT2D eigenvalue weighted by atomic mass is 79.9. The van der Waals surface area contributed by atoms with E-state index in [1.54, 1.807) is 24.3 Å². The van der Waals surface area contributed by atoms with Crippen molar-refractivity contribution >= 4 is 32.5 Å². The van der Waals surface area contributed by atoms with Crippen LogP contribution < -0.4 is 0 Å². The lowest BCUT2D eigenvalue weighted by molar-refractivity contribution is 0.102. The van der Waals surface area contributed by atoms with Crippen LogP contribution in [0.3, 0.4) is 0 Å². The molecule has 6 heteroatoms. The van der Waals surface area contributed by atoms with E-state index in [2.05, 4.69) is 15.9 Å². The van der Waals surface area contributed by atoms with Crippen LogP contribution in [-0.2, 0) is 10.8 Å². The highest BCUT2D eigenvalue weighted by Crippen LogP contribution is 2.16. The normalized spacial score (nSPS) is 12.2. The van der Waals surface area contributed by atoms with Crippen LogP contribution in [0.25, 0.3) is 0 Å². The van der Waals surface area contributed by atoms with Crippen molar-refractivity contribution in [2.24, 2.45) is 0 Å². The van der Waals surface area contributed by atoms with Crippen LogP contribution in [0.4, 0.5) is 8.78 Å². The SMILES string of the molecule is O=C(CS(=O)c1ccc(F)cc1F)c1cccc(Br)c1. The van der Waals surface area contributed by atoms with Crippen LogP contribution in [0.15, 0.2) is 51.8 Å². The number of rotatable bonds is 4. The Morgan fingerprint density at radius 1 is 1.15 bits per heavy atom. The lowest BCUT2D eigenvalue weighted by atomic mass is 10.2. The zero-order valence-corrected chi connectivity index (χ0v) is 12.5. The number of carbonyl (C=O) groups is 1. The Morgan fingerprint density at radius 2 is 1.90 bits per heavy atom. The molecule has 0 heterocycles. The van der Waals surface area contributed by atoms with E-state index in [0.717, 1.165) is 16.6 Å². The lowest BCUT2D eigenvalue weighted by Gasteiger charge is -2.04. The third-order valence-electron chi connectivity index (χ3n) is 2.55. The van der Waals surface area contributed by atoms with Gasteiger partial charge in [-0.25, -0.2) is 8.78 Å². The Labute approximate surface area is 125 Å². The van der Waals surface area contributed by atoms with E-state index in [0.29, 0.717) is 11.6 Å². The van der Waals surface area contributed by atoms with E-state index >= 15 is 0 Å². The number of hydrogen-bond acceptors (Lipinski definition) is 2. The first kappa shape index (κ1) is 15.0. The van der Waals surface area contributed by atoms with Gasteiger partial charge >= 0.3 is 0 Å². The molecule has 2 aromatic carbocycles. The lowest BCUT2D eigenvalue weighted by Crippen LogP contribution is -2.12. The second-order valence-electron chi connectivity index (χ2n) is 4.00. The molecule has 104 valence electrons. The van der Waals surface area contributed by atoms with Gasteiger partial charge in [-0.15, -0.1) is 0 Å². The van der Waals surface area contributed by atoms with E-state index in [4.69, 9.17) is 0 Å². The zero-order chi connectivity index (χ0) is 14.7. The van der Waals surface area contributed by atoms with Gasteiger partial charge in [0.25, 0.3) is 0 Å². The van der Waals surface area contributed by atoms with Gasteiger partial charge in [0.15, 0.2) is 5.78 Å². The second kappa shape index (κ2) is 6.37. The summed E-state index contributed by atoms with van der Waals surface area (Å²) in [5, 5.41) is 0. The molecule has 0 radical (unpaired) electrons. The first-order valence-electron chi connectivity index (χ1n) is 5.59. The number of Topliss-reactive ketones (excluding diaryl/α,β-unsaturated/α-hetero) is 1. The highest BCUT2D eigenvalue weighted by Gasteiger charge is 2.16. The minimum Gasteiger partial charge on any atom is -0.293 e. The Kier molecular flexibility index (Phi) is 4.77. The van der Waals surface area contributed by atoms with Crippen LogP contribution in [0.2, 0.25) is 0 Å². The number of benzene rings is 2. The highest BCUT2D eigenvalue weighted by molar-refractivity contribution is 9.10. The Hall–Kier alpha value is -1.40. The fraction of sp³-hybridized carbons (Fsp3) is 0.0714. The third kappa shape index (κ3) is 3.58. The molecule has 2 nitrogen and oxygen atoms in total. The molecule has 20 heavy (non-hydrogen) atoms. The van der Waals surface area contributed by atoms with Crippen molar-refractivity contribution in [3.8, 4) is 0 Å². The fourth-order valence-corrected chi connectivity index (χ4v) is 3.06. The van der Waals surface area contributed by atoms with Gasteiger partial charge in [-0.3, -0.25) is 9.00 Å². The van der Waals surface area contributed by atoms with E-state index in [-0.39, 0.29) is 16.4 Å². The Balaban J connectivity index is 2.17. The molecule has 0 amide bonds. The van der Waals surface area contributed by atoms with Crippen LogP contribution in [-0.4, -0.2) is 15.7 Å². The van der Waals surface area contributed by atoms with Crippen LogP contribution in [0.5, 0.6) is 0 Å². The van der Waals surface area contributed by atoms with Gasteiger partial charge in [-0.05, 0) is 24.3 Å². The molecule has 1 unspecified atom stereocenters. The number of ketones is 1. The zero-order valence-electron chi connectivity index (χ0n) is 10.1. The summed E-state index contributed by atoms with van der Waals surface area (Å²) < 4.78 is 38.9. The maximum absolute atomic E-state index is 13.5. The molecule has 0 aliphatic carbocycles. The molecule has 0 spiro atoms. The Bertz CT molecular complexity index is 689. The molecule has 0 fully saturated rings. The summed E-state index contributed by atoms with van der Waals surface area (Å²) in [5.41, 5.74) is 0.384. The van der Waals surface area contributed by atoms with Crippen molar-refractivity contribution in [2.75, 3.05) is 5.75 Å². The molecule has 0 N–H and O–H groups in total. The second-order valence-corrected chi connectivity index (χ2v) is 6.33. The van der Waals surface area contributed by atoms with Gasteiger partial charge in [0.05, 0.1) is 21.4 Å². The topological polar surface area (TPSA) is 34.1 Å². The average molecular weight is 359 g/mol. The van der Waals surface area contributed by atoms with Gasteiger partial charge in [-0.1, -0.05) is 28.1 Å². The van der Waals surface area contributed by atoms with Gasteiger partial charge in [0.1, 0.15) is 11.6 Å². The summed E-state index contributed by atoms with van der Waals surface area (Å²) in [6, 6.07) is 9.38. The molecule has 2 rings (SSSR count). The molecule has 0 aliphatic rings. The quantitative estimate of drug-likeness (QED) is 0.780. The number of halogens is 3. The molecule has 0 aliphatic heterocycles. The first-order chi connectivity index (χ1) is 9.47. The van der Waals surface area contributed by atoms with Crippen molar-refractivity contribution in [1.29, 1.82) is 0 Å². The molecular formula is C14H9BrF2O2S. The molecule has 0 aromatic heterocycles. The molecular weight excluding hydrogens is 350 g/mol. The van der Waals surface area contributed by atoms with Gasteiger partial charge in [0.2, 0.25) is 0 Å². The van der Waals surface area contributed by atoms with Crippen molar-refractivity contribution in [2.45, 2.75) is 4.90 Å². The standard InChI is InChI=1S/C14H9BrF2O2S/c15-10-3-1-2-9(6-10)13(18)8-20(19)14-5-4-11(16)7-12(14)17/h1-7H,8H2. The molecule has 2 aromatic rings. The minimum absolute atomic E-state index is 0.172. The smallest absolute Gasteiger partial charge is 0.175 e. The number of carbonyl (C=O) groups excluding carboxylic acids is 1. The first-order valence-corrected chi connectivity index (χ1v) is 7.71. The molecule has 0 saturated heterocycles. The summed E-state index contributed by atoms with van der Waals surface area (Å²) in [7, 11) is -1.85. The van der Waals surface area contributed by atoms with Crippen LogP contribution >= 0.6 is 15.9 Å². The summed E-state index contributed by atoms with van der Waals surface area (Å²) in [5.74, 6) is -2.38. The summed E-state index contributed by atoms with van der Waals surface area (Å²) in [4.78, 5) is 11.8. The van der Waals surface area contributed by atoms with Crippen molar-refractivity contribution < 1.29 is 17.8 Å². The molecule has 1 atom stereocenters. The van der Waals surface area contributed by atoms with Crippen molar-refractivity contribution in [3.63, 3.8) is 0 Å². The predicted octanol–water partition coefficient (Wildman–Crippen LogP) is 3.72. The maximum Gasteiger partial charge on any atom is 0.175 e. The monoisotopic (exact) mass is 358 g/mol. The van der Waals surface area contributed by atoms with Crippen molar-refractivity contribution in [3.05, 3.63) is 64.1 Å². The van der Waals surface area contributed by atoms with E-state index in [9.17, 15) is 17.8 Å².